The molecular formula is C27H30N2O6. The molecule has 8 heteroatoms. The van der Waals surface area contributed by atoms with Gasteiger partial charge in [-0.2, -0.15) is 0 Å². The number of amides is 2. The number of rotatable bonds is 8. The van der Waals surface area contributed by atoms with Crippen LogP contribution in [0.3, 0.4) is 0 Å². The second-order valence-electron chi connectivity index (χ2n) is 9.76. The highest BCUT2D eigenvalue weighted by Crippen LogP contribution is 2.44. The van der Waals surface area contributed by atoms with Crippen LogP contribution in [0.5, 0.6) is 0 Å². The molecule has 1 saturated carbocycles. The van der Waals surface area contributed by atoms with Crippen LogP contribution < -0.4 is 10.6 Å². The minimum Gasteiger partial charge on any atom is -0.481 e. The van der Waals surface area contributed by atoms with Crippen molar-refractivity contribution in [2.75, 3.05) is 26.4 Å². The largest absolute Gasteiger partial charge is 0.481 e. The lowest BCUT2D eigenvalue weighted by atomic mass is 9.86. The molecule has 2 atom stereocenters. The SMILES string of the molecule is O=C(O)CC1(NC(=O)C2CC2CNC(=O)OCC2c3ccccc3-c3ccccc32)CCOCC1. The molecule has 0 spiro atoms. The van der Waals surface area contributed by atoms with Crippen LogP contribution in [0, 0.1) is 11.8 Å². The summed E-state index contributed by atoms with van der Waals surface area (Å²) >= 11 is 0. The lowest BCUT2D eigenvalue weighted by molar-refractivity contribution is -0.140. The molecule has 184 valence electrons. The summed E-state index contributed by atoms with van der Waals surface area (Å²) in [5.41, 5.74) is 3.91. The molecule has 2 amide bonds. The van der Waals surface area contributed by atoms with Crippen LogP contribution in [0.1, 0.15) is 42.7 Å². The van der Waals surface area contributed by atoms with Gasteiger partial charge in [-0.15, -0.1) is 0 Å². The minimum atomic E-state index is -0.934. The van der Waals surface area contributed by atoms with Gasteiger partial charge in [0.05, 0.1) is 12.0 Å². The third kappa shape index (κ3) is 5.03. The van der Waals surface area contributed by atoms with Crippen molar-refractivity contribution in [3.63, 3.8) is 0 Å². The average molecular weight is 479 g/mol. The Hall–Kier alpha value is -3.39. The molecule has 8 nitrogen and oxygen atoms in total. The molecule has 1 aliphatic heterocycles. The molecule has 3 N–H and O–H groups in total. The molecule has 1 saturated heterocycles. The molecule has 0 aromatic heterocycles. The van der Waals surface area contributed by atoms with Crippen molar-refractivity contribution in [3.05, 3.63) is 59.7 Å². The number of hydrogen-bond donors (Lipinski definition) is 3. The summed E-state index contributed by atoms with van der Waals surface area (Å²) in [5, 5.41) is 15.1. The molecule has 0 bridgehead atoms. The number of nitrogens with one attached hydrogen (secondary N) is 2. The second-order valence-corrected chi connectivity index (χ2v) is 9.76. The highest BCUT2D eigenvalue weighted by molar-refractivity contribution is 5.83. The number of hydrogen-bond acceptors (Lipinski definition) is 5. The number of alkyl carbamates (subject to hydrolysis) is 1. The van der Waals surface area contributed by atoms with E-state index in [9.17, 15) is 19.5 Å². The quantitative estimate of drug-likeness (QED) is 0.537. The smallest absolute Gasteiger partial charge is 0.407 e. The van der Waals surface area contributed by atoms with Gasteiger partial charge in [-0.1, -0.05) is 48.5 Å². The topological polar surface area (TPSA) is 114 Å². The first-order valence-corrected chi connectivity index (χ1v) is 12.2. The Morgan fingerprint density at radius 2 is 1.63 bits per heavy atom. The van der Waals surface area contributed by atoms with Crippen molar-refractivity contribution in [2.45, 2.75) is 37.1 Å². The van der Waals surface area contributed by atoms with E-state index in [4.69, 9.17) is 9.47 Å². The number of carbonyl (C=O) groups is 3. The van der Waals surface area contributed by atoms with Gasteiger partial charge in [0.1, 0.15) is 6.61 Å². The van der Waals surface area contributed by atoms with Gasteiger partial charge in [0, 0.05) is 31.6 Å². The molecule has 2 unspecified atom stereocenters. The second kappa shape index (κ2) is 9.70. The Bertz CT molecular complexity index is 1080. The van der Waals surface area contributed by atoms with E-state index in [1.165, 1.54) is 11.1 Å². The summed E-state index contributed by atoms with van der Waals surface area (Å²) in [5.74, 6) is -1.28. The molecule has 2 aromatic carbocycles. The summed E-state index contributed by atoms with van der Waals surface area (Å²) in [6.45, 7) is 1.47. The van der Waals surface area contributed by atoms with E-state index in [0.29, 0.717) is 39.0 Å². The van der Waals surface area contributed by atoms with Gasteiger partial charge in [0.25, 0.3) is 0 Å². The third-order valence-corrected chi connectivity index (χ3v) is 7.44. The zero-order chi connectivity index (χ0) is 24.4. The molecule has 2 aromatic rings. The zero-order valence-corrected chi connectivity index (χ0v) is 19.5. The standard InChI is InChI=1S/C27H30N2O6/c30-24(31)14-27(9-11-34-12-10-27)29-25(32)22-13-17(22)15-28-26(33)35-16-23-20-7-3-1-5-18(20)19-6-2-4-8-21(19)23/h1-8,17,22-23H,9-16H2,(H,28,33)(H,29,32)(H,30,31). The van der Waals surface area contributed by atoms with Crippen LogP contribution in [0.4, 0.5) is 4.79 Å². The van der Waals surface area contributed by atoms with Crippen LogP contribution in [-0.2, 0) is 19.1 Å². The van der Waals surface area contributed by atoms with E-state index in [-0.39, 0.29) is 36.7 Å². The Balaban J connectivity index is 1.10. The third-order valence-electron chi connectivity index (χ3n) is 7.44. The Labute approximate surface area is 204 Å². The van der Waals surface area contributed by atoms with Crippen molar-refractivity contribution >= 4 is 18.0 Å². The van der Waals surface area contributed by atoms with Crippen LogP contribution in [0.2, 0.25) is 0 Å². The van der Waals surface area contributed by atoms with Gasteiger partial charge < -0.3 is 25.2 Å². The van der Waals surface area contributed by atoms with Gasteiger partial charge >= 0.3 is 12.1 Å². The Kier molecular flexibility index (Phi) is 6.47. The van der Waals surface area contributed by atoms with Gasteiger partial charge in [0.2, 0.25) is 5.91 Å². The summed E-state index contributed by atoms with van der Waals surface area (Å²) in [7, 11) is 0. The maximum Gasteiger partial charge on any atom is 0.407 e. The molecule has 5 rings (SSSR count). The monoisotopic (exact) mass is 478 g/mol. The van der Waals surface area contributed by atoms with Gasteiger partial charge in [-0.25, -0.2) is 4.79 Å². The van der Waals surface area contributed by atoms with Gasteiger partial charge in [-0.05, 0) is 47.4 Å². The van der Waals surface area contributed by atoms with E-state index in [1.54, 1.807) is 0 Å². The fraction of sp³-hybridized carbons (Fsp3) is 0.444. The average Bonchev–Trinajstić information content (AvgIpc) is 3.57. The van der Waals surface area contributed by atoms with E-state index >= 15 is 0 Å². The summed E-state index contributed by atoms with van der Waals surface area (Å²) < 4.78 is 10.9. The first-order chi connectivity index (χ1) is 17.0. The predicted octanol–water partition coefficient (Wildman–Crippen LogP) is 3.30. The molecule has 0 radical (unpaired) electrons. The highest BCUT2D eigenvalue weighted by Gasteiger charge is 2.46. The van der Waals surface area contributed by atoms with Gasteiger partial charge in [-0.3, -0.25) is 9.59 Å². The summed E-state index contributed by atoms with van der Waals surface area (Å²) in [6, 6.07) is 16.3. The first-order valence-electron chi connectivity index (χ1n) is 12.2. The van der Waals surface area contributed by atoms with Crippen molar-refractivity contribution in [2.24, 2.45) is 11.8 Å². The van der Waals surface area contributed by atoms with Crippen molar-refractivity contribution in [1.82, 2.24) is 10.6 Å². The van der Waals surface area contributed by atoms with Crippen LogP contribution in [0.25, 0.3) is 11.1 Å². The fourth-order valence-corrected chi connectivity index (χ4v) is 5.41. The zero-order valence-electron chi connectivity index (χ0n) is 19.5. The number of ether oxygens (including phenoxy) is 2. The number of benzene rings is 2. The molecule has 3 aliphatic rings. The first kappa shape index (κ1) is 23.4. The summed E-state index contributed by atoms with van der Waals surface area (Å²) in [6.07, 6.45) is 1.03. The number of carbonyl (C=O) groups excluding carboxylic acids is 2. The number of fused-ring (bicyclic) bond motifs is 3. The maximum absolute atomic E-state index is 12.8. The predicted molar refractivity (Wildman–Crippen MR) is 128 cm³/mol. The fourth-order valence-electron chi connectivity index (χ4n) is 5.41. The normalized spacial score (nSPS) is 21.9. The van der Waals surface area contributed by atoms with Crippen molar-refractivity contribution in [3.8, 4) is 11.1 Å². The summed E-state index contributed by atoms with van der Waals surface area (Å²) in [4.78, 5) is 36.5. The minimum absolute atomic E-state index is 0.00232. The molecule has 2 aliphatic carbocycles. The highest BCUT2D eigenvalue weighted by atomic mass is 16.5. The lowest BCUT2D eigenvalue weighted by Crippen LogP contribution is -2.53. The Morgan fingerprint density at radius 3 is 2.26 bits per heavy atom. The van der Waals surface area contributed by atoms with E-state index in [2.05, 4.69) is 34.9 Å². The number of carboxylic acid groups (broad SMARTS) is 1. The van der Waals surface area contributed by atoms with E-state index in [1.807, 2.05) is 24.3 Å². The van der Waals surface area contributed by atoms with Crippen molar-refractivity contribution in [1.29, 1.82) is 0 Å². The maximum atomic E-state index is 12.8. The molecule has 1 heterocycles. The lowest BCUT2D eigenvalue weighted by Gasteiger charge is -2.37. The van der Waals surface area contributed by atoms with E-state index < -0.39 is 17.6 Å². The van der Waals surface area contributed by atoms with Crippen LogP contribution >= 0.6 is 0 Å². The van der Waals surface area contributed by atoms with Crippen molar-refractivity contribution < 1.29 is 29.0 Å². The Morgan fingerprint density at radius 1 is 1.00 bits per heavy atom. The van der Waals surface area contributed by atoms with Crippen LogP contribution in [0.15, 0.2) is 48.5 Å². The number of aliphatic carboxylic acids is 1. The van der Waals surface area contributed by atoms with E-state index in [0.717, 1.165) is 11.1 Å². The molecule has 35 heavy (non-hydrogen) atoms. The molecular weight excluding hydrogens is 448 g/mol. The van der Waals surface area contributed by atoms with Crippen LogP contribution in [-0.4, -0.2) is 55.0 Å². The molecule has 2 fully saturated rings. The number of carboxylic acids is 1. The van der Waals surface area contributed by atoms with Gasteiger partial charge in [0.15, 0.2) is 0 Å².